The van der Waals surface area contributed by atoms with Crippen molar-refractivity contribution in [3.8, 4) is 0 Å². The Morgan fingerprint density at radius 2 is 1.86 bits per heavy atom. The van der Waals surface area contributed by atoms with Gasteiger partial charge in [-0.15, -0.1) is 0 Å². The Hall–Kier alpha value is -4.38. The van der Waals surface area contributed by atoms with Crippen LogP contribution in [-0.4, -0.2) is 38.0 Å². The van der Waals surface area contributed by atoms with Gasteiger partial charge in [-0.25, -0.2) is 23.1 Å². The largest absolute Gasteiger partial charge is 0.456 e. The summed E-state index contributed by atoms with van der Waals surface area (Å²) in [6.45, 7) is 7.26. The fraction of sp³-hybridized carbons (Fsp3) is 0.300. The molecular formula is C30H28ClF2N5O4. The van der Waals surface area contributed by atoms with E-state index in [0.717, 1.165) is 27.4 Å². The normalized spacial score (nSPS) is 14.5. The molecule has 1 aliphatic rings. The number of esters is 1. The van der Waals surface area contributed by atoms with Gasteiger partial charge in [-0.3, -0.25) is 9.59 Å². The second-order valence-corrected chi connectivity index (χ2v) is 11.5. The molecular weight excluding hydrogens is 568 g/mol. The number of nitrogens with zero attached hydrogens (tertiary/aromatic N) is 3. The molecule has 0 saturated heterocycles. The number of aromatic nitrogens is 3. The Morgan fingerprint density at radius 3 is 2.57 bits per heavy atom. The smallest absolute Gasteiger partial charge is 0.338 e. The number of rotatable bonds is 6. The van der Waals surface area contributed by atoms with Gasteiger partial charge in [-0.05, 0) is 81.0 Å². The first-order valence-corrected chi connectivity index (χ1v) is 13.6. The van der Waals surface area contributed by atoms with E-state index in [-0.39, 0.29) is 34.6 Å². The second kappa shape index (κ2) is 11.1. The summed E-state index contributed by atoms with van der Waals surface area (Å²) in [6, 6.07) is 8.36. The van der Waals surface area contributed by atoms with Crippen LogP contribution in [-0.2, 0) is 17.7 Å². The third-order valence-electron chi connectivity index (χ3n) is 6.95. The summed E-state index contributed by atoms with van der Waals surface area (Å²) in [5.74, 6) is -3.07. The molecule has 1 aliphatic carbocycles. The Kier molecular flexibility index (Phi) is 7.72. The maximum atomic E-state index is 14.5. The van der Waals surface area contributed by atoms with E-state index in [1.165, 1.54) is 24.3 Å². The minimum Gasteiger partial charge on any atom is -0.456 e. The van der Waals surface area contributed by atoms with E-state index in [1.807, 2.05) is 6.92 Å². The summed E-state index contributed by atoms with van der Waals surface area (Å²) in [5.41, 5.74) is 2.40. The molecule has 42 heavy (non-hydrogen) atoms. The van der Waals surface area contributed by atoms with Crippen molar-refractivity contribution < 1.29 is 27.9 Å². The quantitative estimate of drug-likeness (QED) is 0.294. The number of benzene rings is 2. The molecule has 9 nitrogen and oxygen atoms in total. The Balaban J connectivity index is 1.38. The molecule has 2 heterocycles. The van der Waals surface area contributed by atoms with Crippen molar-refractivity contribution in [3.05, 3.63) is 98.5 Å². The van der Waals surface area contributed by atoms with Crippen LogP contribution < -0.4 is 10.6 Å². The second-order valence-electron chi connectivity index (χ2n) is 11.1. The zero-order valence-electron chi connectivity index (χ0n) is 23.3. The molecule has 5 rings (SSSR count). The topological polar surface area (TPSA) is 115 Å². The number of carbonyl (C=O) groups excluding carboxylic acids is 3. The van der Waals surface area contributed by atoms with Gasteiger partial charge in [0.05, 0.1) is 22.8 Å². The van der Waals surface area contributed by atoms with Gasteiger partial charge in [-0.2, -0.15) is 5.10 Å². The van der Waals surface area contributed by atoms with Gasteiger partial charge in [0.25, 0.3) is 11.8 Å². The van der Waals surface area contributed by atoms with E-state index < -0.39 is 35.0 Å². The van der Waals surface area contributed by atoms with Crippen molar-refractivity contribution in [2.24, 2.45) is 0 Å². The average molecular weight is 596 g/mol. The summed E-state index contributed by atoms with van der Waals surface area (Å²) in [5, 5.41) is 9.41. The van der Waals surface area contributed by atoms with Crippen molar-refractivity contribution in [2.75, 3.05) is 0 Å². The number of amides is 2. The maximum Gasteiger partial charge on any atom is 0.338 e. The van der Waals surface area contributed by atoms with Crippen molar-refractivity contribution in [1.29, 1.82) is 0 Å². The van der Waals surface area contributed by atoms with Gasteiger partial charge >= 0.3 is 5.97 Å². The van der Waals surface area contributed by atoms with Crippen LogP contribution in [0.1, 0.15) is 86.8 Å². The highest BCUT2D eigenvalue weighted by molar-refractivity contribution is 6.30. The molecule has 0 radical (unpaired) electrons. The van der Waals surface area contributed by atoms with Crippen LogP contribution in [0.5, 0.6) is 0 Å². The van der Waals surface area contributed by atoms with Crippen LogP contribution in [0.2, 0.25) is 5.02 Å². The lowest BCUT2D eigenvalue weighted by atomic mass is 9.97. The van der Waals surface area contributed by atoms with Crippen LogP contribution in [0.15, 0.2) is 42.6 Å². The van der Waals surface area contributed by atoms with Crippen molar-refractivity contribution in [3.63, 3.8) is 0 Å². The molecule has 0 saturated carbocycles. The number of hydrogen-bond donors (Lipinski definition) is 2. The minimum absolute atomic E-state index is 0.00153. The van der Waals surface area contributed by atoms with Gasteiger partial charge in [-0.1, -0.05) is 23.7 Å². The number of fused-ring (bicyclic) bond motifs is 2. The van der Waals surface area contributed by atoms with E-state index in [1.54, 1.807) is 32.9 Å². The molecule has 2 N–H and O–H groups in total. The first-order chi connectivity index (χ1) is 19.8. The van der Waals surface area contributed by atoms with Gasteiger partial charge in [0, 0.05) is 12.6 Å². The Labute approximate surface area is 245 Å². The van der Waals surface area contributed by atoms with Gasteiger partial charge in [0.2, 0.25) is 0 Å². The summed E-state index contributed by atoms with van der Waals surface area (Å²) in [6.07, 6.45) is 2.12. The summed E-state index contributed by atoms with van der Waals surface area (Å²) >= 11 is 5.81. The van der Waals surface area contributed by atoms with Gasteiger partial charge in [0.1, 0.15) is 22.8 Å². The van der Waals surface area contributed by atoms with Crippen LogP contribution in [0.4, 0.5) is 8.78 Å². The molecule has 0 aliphatic heterocycles. The van der Waals surface area contributed by atoms with E-state index in [0.29, 0.717) is 24.0 Å². The van der Waals surface area contributed by atoms with Gasteiger partial charge in [0.15, 0.2) is 11.5 Å². The average Bonchev–Trinajstić information content (AvgIpc) is 3.51. The number of nitrogens with one attached hydrogen (secondary N) is 2. The highest BCUT2D eigenvalue weighted by atomic mass is 35.5. The van der Waals surface area contributed by atoms with Crippen molar-refractivity contribution in [2.45, 2.75) is 58.7 Å². The third kappa shape index (κ3) is 5.82. The number of halogens is 3. The van der Waals surface area contributed by atoms with Crippen LogP contribution in [0.25, 0.3) is 5.65 Å². The van der Waals surface area contributed by atoms with Crippen LogP contribution in [0.3, 0.4) is 0 Å². The fourth-order valence-corrected chi connectivity index (χ4v) is 5.16. The molecule has 2 aromatic heterocycles. The lowest BCUT2D eigenvalue weighted by Gasteiger charge is -2.21. The molecule has 0 bridgehead atoms. The molecule has 2 amide bonds. The van der Waals surface area contributed by atoms with Crippen molar-refractivity contribution >= 4 is 35.0 Å². The van der Waals surface area contributed by atoms with Crippen LogP contribution >= 0.6 is 11.6 Å². The molecule has 4 aromatic rings. The highest BCUT2D eigenvalue weighted by Crippen LogP contribution is 2.35. The first-order valence-electron chi connectivity index (χ1n) is 13.3. The Morgan fingerprint density at radius 1 is 1.10 bits per heavy atom. The van der Waals surface area contributed by atoms with E-state index in [9.17, 15) is 23.2 Å². The van der Waals surface area contributed by atoms with E-state index in [2.05, 4.69) is 20.7 Å². The third-order valence-corrected chi connectivity index (χ3v) is 7.24. The highest BCUT2D eigenvalue weighted by Gasteiger charge is 2.30. The fourth-order valence-electron chi connectivity index (χ4n) is 4.95. The summed E-state index contributed by atoms with van der Waals surface area (Å²) in [7, 11) is 0. The molecule has 0 unspecified atom stereocenters. The van der Waals surface area contributed by atoms with Gasteiger partial charge < -0.3 is 15.4 Å². The molecule has 0 fully saturated rings. The molecule has 218 valence electrons. The molecule has 0 spiro atoms. The Bertz CT molecular complexity index is 1750. The minimum atomic E-state index is -0.805. The number of hydrogen-bond acceptors (Lipinski definition) is 6. The summed E-state index contributed by atoms with van der Waals surface area (Å²) in [4.78, 5) is 43.2. The van der Waals surface area contributed by atoms with E-state index in [4.69, 9.17) is 16.3 Å². The van der Waals surface area contributed by atoms with Crippen LogP contribution in [0, 0.1) is 18.6 Å². The van der Waals surface area contributed by atoms with Crippen molar-refractivity contribution in [1.82, 2.24) is 25.2 Å². The molecule has 2 aromatic carbocycles. The molecule has 12 heteroatoms. The lowest BCUT2D eigenvalue weighted by molar-refractivity contribution is 0.00683. The monoisotopic (exact) mass is 595 g/mol. The standard InChI is InChI=1S/C30H28ClF2N5O4/c1-15-17-8-10-23(19(17)7-6-18(15)29(41)42-30(2,3)4)37-28(40)25-12-24(36-26-22(33)14-35-38(25)26)27(39)34-13-16-5-9-21(32)20(31)11-16/h5-7,9,11-12,14,23H,8,10,13H2,1-4H3,(H,34,39)(H,37,40)/t23-/m0/s1. The lowest BCUT2D eigenvalue weighted by Crippen LogP contribution is -2.31. The predicted octanol–water partition coefficient (Wildman–Crippen LogP) is 5.27. The zero-order chi connectivity index (χ0) is 30.3. The number of ether oxygens (including phenoxy) is 1. The SMILES string of the molecule is Cc1c(C(=O)OC(C)(C)C)ccc2c1CC[C@@H]2NC(=O)c1cc(C(=O)NCc2ccc(F)c(Cl)c2)nc2c(F)cnn12. The summed E-state index contributed by atoms with van der Waals surface area (Å²) < 4.78 is 34.5. The van der Waals surface area contributed by atoms with E-state index >= 15 is 0 Å². The molecule has 1 atom stereocenters. The maximum absolute atomic E-state index is 14.5. The first kappa shape index (κ1) is 29.1. The zero-order valence-corrected chi connectivity index (χ0v) is 24.1. The number of carbonyl (C=O) groups is 3. The predicted molar refractivity (Wildman–Crippen MR) is 150 cm³/mol.